The molecule has 0 amide bonds. The largest absolute Gasteiger partial charge is 0.364 e. The van der Waals surface area contributed by atoms with Crippen LogP contribution in [0.2, 0.25) is 10.0 Å². The molecule has 0 aliphatic carbocycles. The lowest BCUT2D eigenvalue weighted by molar-refractivity contribution is -0.0769. The van der Waals surface area contributed by atoms with E-state index in [1.54, 1.807) is 24.3 Å². The van der Waals surface area contributed by atoms with Gasteiger partial charge in [-0.1, -0.05) is 79.0 Å². The number of imidazole rings is 1. The number of halogens is 2. The van der Waals surface area contributed by atoms with Gasteiger partial charge in [-0.3, -0.25) is 4.72 Å². The lowest BCUT2D eigenvalue weighted by atomic mass is 10.1. The summed E-state index contributed by atoms with van der Waals surface area (Å²) in [5.74, 6) is 0.801. The topological polar surface area (TPSA) is 93.5 Å². The summed E-state index contributed by atoms with van der Waals surface area (Å²) in [4.78, 5) is 4.83. The van der Waals surface area contributed by atoms with Crippen LogP contribution >= 0.6 is 23.2 Å². The van der Waals surface area contributed by atoms with Crippen molar-refractivity contribution in [2.75, 3.05) is 17.6 Å². The van der Waals surface area contributed by atoms with Crippen molar-refractivity contribution in [3.8, 4) is 11.3 Å². The number of ether oxygens (including phenoxy) is 1. The second-order valence-electron chi connectivity index (χ2n) is 9.30. The van der Waals surface area contributed by atoms with Crippen molar-refractivity contribution in [1.82, 2.24) is 9.55 Å². The lowest BCUT2D eigenvalue weighted by Gasteiger charge is -2.10. The molecule has 1 unspecified atom stereocenters. The molecule has 2 N–H and O–H groups in total. The molecule has 0 saturated carbocycles. The maximum atomic E-state index is 12.2. The van der Waals surface area contributed by atoms with E-state index in [0.29, 0.717) is 45.8 Å². The number of aromatic nitrogens is 2. The molecule has 7 nitrogen and oxygen atoms in total. The number of sulfonamides is 1. The fourth-order valence-corrected chi connectivity index (χ4v) is 5.81. The average Bonchev–Trinajstić information content (AvgIpc) is 3.33. The Morgan fingerprint density at radius 1 is 1.05 bits per heavy atom. The van der Waals surface area contributed by atoms with E-state index < -0.39 is 16.3 Å². The van der Waals surface area contributed by atoms with Gasteiger partial charge in [0.25, 0.3) is 0 Å². The zero-order valence-corrected chi connectivity index (χ0v) is 24.5. The third-order valence-electron chi connectivity index (χ3n) is 6.23. The van der Waals surface area contributed by atoms with Crippen molar-refractivity contribution in [2.45, 2.75) is 32.6 Å². The molecule has 3 aromatic carbocycles. The maximum Gasteiger partial charge on any atom is 0.232 e. The summed E-state index contributed by atoms with van der Waals surface area (Å²) in [5, 5.41) is 11.0. The quantitative estimate of drug-likeness (QED) is 0.167. The number of nitrogens with zero attached hydrogens (tertiary/aromatic N) is 2. The summed E-state index contributed by atoms with van der Waals surface area (Å²) in [6.45, 7) is 2.48. The summed E-state index contributed by atoms with van der Waals surface area (Å²) in [5.41, 5.74) is 4.54. The lowest BCUT2D eigenvalue weighted by Crippen LogP contribution is -2.16. The number of aliphatic hydroxyl groups is 1. The molecule has 4 aromatic rings. The summed E-state index contributed by atoms with van der Waals surface area (Å²) in [6, 6.07) is 20.0. The first-order valence-electron chi connectivity index (χ1n) is 12.8. The van der Waals surface area contributed by atoms with Crippen LogP contribution in [0.4, 0.5) is 5.69 Å². The average molecular weight is 601 g/mol. The summed E-state index contributed by atoms with van der Waals surface area (Å²) >= 11 is 12.6. The van der Waals surface area contributed by atoms with Crippen LogP contribution < -0.4 is 4.72 Å². The van der Waals surface area contributed by atoms with Gasteiger partial charge in [0, 0.05) is 41.7 Å². The second-order valence-corrected chi connectivity index (χ2v) is 12.0. The van der Waals surface area contributed by atoms with E-state index in [9.17, 15) is 13.5 Å². The first kappa shape index (κ1) is 29.8. The van der Waals surface area contributed by atoms with Crippen LogP contribution in [0.15, 0.2) is 72.9 Å². The Bertz CT molecular complexity index is 1570. The number of aliphatic hydroxyl groups excluding tert-OH is 1. The zero-order chi connectivity index (χ0) is 28.7. The number of anilines is 1. The van der Waals surface area contributed by atoms with Gasteiger partial charge in [-0.2, -0.15) is 0 Å². The molecule has 1 heterocycles. The van der Waals surface area contributed by atoms with Gasteiger partial charge in [-0.05, 0) is 54.0 Å². The molecule has 1 aromatic heterocycles. The molecule has 0 aliphatic rings. The number of hydrogen-bond donors (Lipinski definition) is 2. The van der Waals surface area contributed by atoms with Crippen molar-refractivity contribution in [2.24, 2.45) is 0 Å². The van der Waals surface area contributed by atoms with Gasteiger partial charge >= 0.3 is 0 Å². The van der Waals surface area contributed by atoms with Crippen LogP contribution in [0, 0.1) is 0 Å². The molecule has 0 aliphatic heterocycles. The van der Waals surface area contributed by atoms with Crippen LogP contribution in [0.1, 0.15) is 48.6 Å². The van der Waals surface area contributed by atoms with E-state index in [1.165, 1.54) is 7.11 Å². The molecule has 10 heteroatoms. The highest BCUT2D eigenvalue weighted by molar-refractivity contribution is 7.92. The molecule has 4 rings (SSSR count). The third kappa shape index (κ3) is 7.96. The standard InChI is InChI=1S/C30H31Cl2N3O4S/c1-3-4-17-40(37,38)34-25-13-7-21(8-14-25)9-16-29-33-28(26-15-12-24(31)18-27(26)32)20-35(29)19-22-5-10-23(11-6-22)30(36)39-2/h5-16,18,20,30,34,36H,3-4,17,19H2,1-2H3/b16-9+. The highest BCUT2D eigenvalue weighted by Crippen LogP contribution is 2.30. The van der Waals surface area contributed by atoms with Crippen molar-refractivity contribution in [3.63, 3.8) is 0 Å². The molecule has 0 radical (unpaired) electrons. The molecule has 0 bridgehead atoms. The second kappa shape index (κ2) is 13.5. The monoisotopic (exact) mass is 599 g/mol. The normalized spacial score (nSPS) is 12.6. The predicted octanol–water partition coefficient (Wildman–Crippen LogP) is 7.25. The molecule has 0 spiro atoms. The van der Waals surface area contributed by atoms with Gasteiger partial charge in [0.05, 0.1) is 16.5 Å². The Morgan fingerprint density at radius 2 is 1.77 bits per heavy atom. The van der Waals surface area contributed by atoms with Crippen LogP contribution in [0.25, 0.3) is 23.4 Å². The van der Waals surface area contributed by atoms with Crippen LogP contribution in [0.5, 0.6) is 0 Å². The predicted molar refractivity (Wildman–Crippen MR) is 163 cm³/mol. The highest BCUT2D eigenvalue weighted by atomic mass is 35.5. The summed E-state index contributed by atoms with van der Waals surface area (Å²) in [7, 11) is -1.91. The maximum absolute atomic E-state index is 12.2. The molecule has 1 atom stereocenters. The minimum atomic E-state index is -3.36. The highest BCUT2D eigenvalue weighted by Gasteiger charge is 2.13. The Labute approximate surface area is 245 Å². The van der Waals surface area contributed by atoms with Crippen molar-refractivity contribution < 1.29 is 18.3 Å². The Morgan fingerprint density at radius 3 is 2.42 bits per heavy atom. The zero-order valence-electron chi connectivity index (χ0n) is 22.2. The van der Waals surface area contributed by atoms with E-state index in [0.717, 1.165) is 23.1 Å². The first-order valence-corrected chi connectivity index (χ1v) is 15.2. The van der Waals surface area contributed by atoms with Gasteiger partial charge < -0.3 is 14.4 Å². The van der Waals surface area contributed by atoms with Crippen molar-refractivity contribution in [3.05, 3.63) is 105 Å². The van der Waals surface area contributed by atoms with E-state index >= 15 is 0 Å². The minimum Gasteiger partial charge on any atom is -0.364 e. The van der Waals surface area contributed by atoms with Gasteiger partial charge in [0.2, 0.25) is 10.0 Å². The Hall–Kier alpha value is -3.14. The fourth-order valence-electron chi connectivity index (χ4n) is 4.04. The van der Waals surface area contributed by atoms with E-state index in [-0.39, 0.29) is 5.75 Å². The minimum absolute atomic E-state index is 0.101. The molecular formula is C30H31Cl2N3O4S. The smallest absolute Gasteiger partial charge is 0.232 e. The van der Waals surface area contributed by atoms with Gasteiger partial charge in [-0.25, -0.2) is 13.4 Å². The number of unbranched alkanes of at least 4 members (excludes halogenated alkanes) is 1. The molecule has 0 saturated heterocycles. The number of rotatable bonds is 12. The number of nitrogens with one attached hydrogen (secondary N) is 1. The Kier molecular flexibility index (Phi) is 10.1. The van der Waals surface area contributed by atoms with E-state index in [4.69, 9.17) is 32.9 Å². The third-order valence-corrected chi connectivity index (χ3v) is 8.15. The van der Waals surface area contributed by atoms with Gasteiger partial charge in [0.15, 0.2) is 6.29 Å². The first-order chi connectivity index (χ1) is 19.2. The molecule has 210 valence electrons. The SMILES string of the molecule is CCCCS(=O)(=O)Nc1ccc(/C=C/c2nc(-c3ccc(Cl)cc3Cl)cn2Cc2ccc(C(O)OC)cc2)cc1. The van der Waals surface area contributed by atoms with E-state index in [2.05, 4.69) is 4.72 Å². The summed E-state index contributed by atoms with van der Waals surface area (Å²) < 4.78 is 34.0. The summed E-state index contributed by atoms with van der Waals surface area (Å²) in [6.07, 6.45) is 6.20. The number of benzene rings is 3. The van der Waals surface area contributed by atoms with Crippen LogP contribution in [-0.4, -0.2) is 35.9 Å². The number of hydrogen-bond acceptors (Lipinski definition) is 5. The van der Waals surface area contributed by atoms with Crippen LogP contribution in [-0.2, 0) is 21.3 Å². The van der Waals surface area contributed by atoms with Crippen molar-refractivity contribution >= 4 is 51.1 Å². The van der Waals surface area contributed by atoms with Crippen molar-refractivity contribution in [1.29, 1.82) is 0 Å². The molecule has 40 heavy (non-hydrogen) atoms. The molecule has 0 fully saturated rings. The van der Waals surface area contributed by atoms with Gasteiger partial charge in [0.1, 0.15) is 5.82 Å². The van der Waals surface area contributed by atoms with E-state index in [1.807, 2.05) is 72.3 Å². The van der Waals surface area contributed by atoms with Gasteiger partial charge in [-0.15, -0.1) is 0 Å². The Balaban J connectivity index is 1.60. The number of methoxy groups -OCH3 is 1. The fraction of sp³-hybridized carbons (Fsp3) is 0.233. The molecular weight excluding hydrogens is 569 g/mol. The van der Waals surface area contributed by atoms with Crippen LogP contribution in [0.3, 0.4) is 0 Å².